The number of nitrogens with two attached hydrogens (primary N) is 2. The van der Waals surface area contributed by atoms with Gasteiger partial charge in [-0.25, -0.2) is 0 Å². The zero-order valence-electron chi connectivity index (χ0n) is 75.2. The van der Waals surface area contributed by atoms with Crippen molar-refractivity contribution in [2.75, 3.05) is 0 Å². The van der Waals surface area contributed by atoms with Crippen LogP contribution in [0.3, 0.4) is 0 Å². The van der Waals surface area contributed by atoms with Crippen LogP contribution in [0.1, 0.15) is 180 Å². The number of cyclic esters (lactones) is 2. The highest BCUT2D eigenvalue weighted by Gasteiger charge is 2.54. The minimum absolute atomic E-state index is 0. The fourth-order valence-electron chi connectivity index (χ4n) is 15.9. The van der Waals surface area contributed by atoms with Crippen LogP contribution < -0.4 is 11.5 Å². The molecule has 36 nitrogen and oxygen atoms in total. The lowest BCUT2D eigenvalue weighted by atomic mass is 9.82. The van der Waals surface area contributed by atoms with Crippen LogP contribution in [0.4, 0.5) is 0 Å². The summed E-state index contributed by atoms with van der Waals surface area (Å²) in [6.45, 7) is 13.5. The van der Waals surface area contributed by atoms with E-state index >= 15 is 0 Å². The Morgan fingerprint density at radius 3 is 0.895 bits per heavy atom. The molecule has 6 rings (SSSR count). The lowest BCUT2D eigenvalue weighted by Gasteiger charge is -2.45. The molecular formula is C97H158N2O34. The van der Waals surface area contributed by atoms with Crippen LogP contribution in [-0.4, -0.2) is 331 Å². The van der Waals surface area contributed by atoms with Crippen molar-refractivity contribution in [3.8, 4) is 0 Å². The van der Waals surface area contributed by atoms with E-state index in [9.17, 15) is 132 Å². The summed E-state index contributed by atoms with van der Waals surface area (Å²) in [5.74, 6) is -13.7. The highest BCUT2D eigenvalue weighted by Crippen LogP contribution is 2.41. The van der Waals surface area contributed by atoms with Gasteiger partial charge in [-0.05, 0) is 66.2 Å². The molecule has 133 heavy (non-hydrogen) atoms. The van der Waals surface area contributed by atoms with E-state index in [4.69, 9.17) is 49.4 Å². The smallest absolute Gasteiger partial charge is 0.311 e. The SMILES string of the molecule is C.C.C.CC1/C=C/C=C/C=C/C=C/C=C/C=C/C=C/C(OC2OC(C)C(O)C(N)C2O)CC2OC(O)(CC(O)CC(O)C(O)CCC(O)CC(O)CC(=O)OC(C)C(C)C1O)CC(O)C2C(=O)O.CC1OC(O[C@H]2/C=C/C=C/C=C/C=C/C=C/C=C/C=C/[C@H](C)[C@@H](O)[C@@H](C)C(C)OC(=O)C[C@H](O)C[C@H](O)CC[C@@H](O)[C@H](O)C[C@H](O)C[C@]3(O)C[C@H](O)[C@@H](C(=O)O)[C@H](C2)O3)C(O)C(N)C1O. The Morgan fingerprint density at radius 2 is 0.609 bits per heavy atom. The van der Waals surface area contributed by atoms with Crippen LogP contribution in [0.25, 0.3) is 0 Å². The maximum Gasteiger partial charge on any atom is 0.311 e. The molecular weight excluding hydrogens is 1740 g/mol. The number of carboxylic acids is 2. The van der Waals surface area contributed by atoms with E-state index in [1.54, 1.807) is 161 Å². The summed E-state index contributed by atoms with van der Waals surface area (Å²) in [5.41, 5.74) is 12.0. The van der Waals surface area contributed by atoms with Gasteiger partial charge in [-0.15, -0.1) is 0 Å². The van der Waals surface area contributed by atoms with Crippen molar-refractivity contribution < 1.29 is 169 Å². The van der Waals surface area contributed by atoms with Gasteiger partial charge in [0, 0.05) is 75.0 Å². The molecule has 0 aromatic heterocycles. The van der Waals surface area contributed by atoms with Crippen molar-refractivity contribution >= 4 is 23.9 Å². The van der Waals surface area contributed by atoms with Crippen LogP contribution in [0.2, 0.25) is 0 Å². The van der Waals surface area contributed by atoms with Crippen LogP contribution in [0, 0.1) is 35.5 Å². The number of fused-ring (bicyclic) bond motifs is 4. The molecule has 4 saturated heterocycles. The Bertz CT molecular complexity index is 3570. The molecule has 38 atom stereocenters. The average Bonchev–Trinajstić information content (AvgIpc) is 0.784. The highest BCUT2D eigenvalue weighted by molar-refractivity contribution is 5.72. The zero-order chi connectivity index (χ0) is 96.9. The first-order valence-corrected chi connectivity index (χ1v) is 44.6. The maximum atomic E-state index is 12.6. The van der Waals surface area contributed by atoms with Crippen molar-refractivity contribution in [1.29, 1.82) is 0 Å². The van der Waals surface area contributed by atoms with Crippen LogP contribution in [0.5, 0.6) is 0 Å². The third-order valence-electron chi connectivity index (χ3n) is 24.0. The minimum atomic E-state index is -2.33. The van der Waals surface area contributed by atoms with Crippen molar-refractivity contribution in [2.24, 2.45) is 47.0 Å². The molecule has 0 radical (unpaired) electrons. The van der Waals surface area contributed by atoms with E-state index < -0.39 is 294 Å². The lowest BCUT2D eigenvalue weighted by Crippen LogP contribution is -2.61. The molecule has 6 heterocycles. The number of allylic oxidation sites excluding steroid dienone is 24. The Balaban J connectivity index is 0.000000880. The summed E-state index contributed by atoms with van der Waals surface area (Å²) >= 11 is 0. The van der Waals surface area contributed by atoms with Crippen LogP contribution in [-0.2, 0) is 57.1 Å². The molecule has 6 aliphatic heterocycles. The van der Waals surface area contributed by atoms with Gasteiger partial charge < -0.3 is 162 Å². The molecule has 26 N–H and O–H groups in total. The van der Waals surface area contributed by atoms with E-state index in [0.717, 1.165) is 0 Å². The second-order valence-electron chi connectivity index (χ2n) is 35.1. The second-order valence-corrected chi connectivity index (χ2v) is 35.1. The standard InChI is InChI=1S/2C47H73NO17.3CH4/c2*1-27-17-15-13-11-9-7-5-6-8-10-12-14-16-18-34(64-46-44(58)41(48)43(57)30(4)63-46)24-38-40(45(59)60)37(54)26-47(61,65-38)25-33(51)22-36(53)35(52)20-19-31(49)21-32(50)23-39(55)62-29(3)28(2)42(27)56;;;/h2*5-18,27-38,40-44,46,49-54,56-58,61H,19-26,48H2,1-4H3,(H,59,60);3*1H4/b2*6-5+,9-7+,10-8+,13-11+,14-12+,17-15+,18-16+;;;/t27-,28-,29?,30?,31+,32+,33-,34-,35+,36+,37-,38-,40+,41?,42+,43?,44?,46?,47+;;;;/m0..../s1. The van der Waals surface area contributed by atoms with Gasteiger partial charge in [-0.2, -0.15) is 0 Å². The number of aliphatic hydroxyl groups is 20. The second kappa shape index (κ2) is 61.4. The fraction of sp³-hybridized carbons (Fsp3) is 0.670. The van der Waals surface area contributed by atoms with Gasteiger partial charge in [0.2, 0.25) is 0 Å². The number of carbonyl (C=O) groups is 4. The van der Waals surface area contributed by atoms with E-state index in [0.29, 0.717) is 0 Å². The zero-order valence-corrected chi connectivity index (χ0v) is 75.2. The minimum Gasteiger partial charge on any atom is -0.481 e. The maximum absolute atomic E-state index is 12.6. The third kappa shape index (κ3) is 42.6. The molecule has 0 saturated carbocycles. The first-order valence-electron chi connectivity index (χ1n) is 44.6. The van der Waals surface area contributed by atoms with Gasteiger partial charge in [-0.3, -0.25) is 19.2 Å². The number of aliphatic carboxylic acids is 2. The molecule has 0 aromatic carbocycles. The Labute approximate surface area is 782 Å². The predicted molar refractivity (Wildman–Crippen MR) is 494 cm³/mol. The van der Waals surface area contributed by atoms with E-state index in [2.05, 4.69) is 0 Å². The third-order valence-corrected chi connectivity index (χ3v) is 24.0. The summed E-state index contributed by atoms with van der Waals surface area (Å²) in [7, 11) is 0. The molecule has 760 valence electrons. The summed E-state index contributed by atoms with van der Waals surface area (Å²) in [4.78, 5) is 50.2. The largest absolute Gasteiger partial charge is 0.481 e. The predicted octanol–water partition coefficient (Wildman–Crippen LogP) is 3.33. The number of hydrogen-bond donors (Lipinski definition) is 24. The molecule has 6 aliphatic rings. The van der Waals surface area contributed by atoms with Gasteiger partial charge in [0.05, 0.1) is 159 Å². The normalized spacial score (nSPS) is 44.5. The van der Waals surface area contributed by atoms with Crippen molar-refractivity contribution in [3.05, 3.63) is 170 Å². The summed E-state index contributed by atoms with van der Waals surface area (Å²) < 4.78 is 46.3. The first kappa shape index (κ1) is 122. The first-order chi connectivity index (χ1) is 61.2. The van der Waals surface area contributed by atoms with E-state index in [1.165, 1.54) is 26.0 Å². The fourth-order valence-corrected chi connectivity index (χ4v) is 15.9. The van der Waals surface area contributed by atoms with Gasteiger partial charge >= 0.3 is 23.9 Å². The van der Waals surface area contributed by atoms with Crippen molar-refractivity contribution in [3.63, 3.8) is 0 Å². The number of carbonyl (C=O) groups excluding carboxylic acids is 2. The van der Waals surface area contributed by atoms with Crippen molar-refractivity contribution in [2.45, 2.75) is 375 Å². The van der Waals surface area contributed by atoms with Crippen molar-refractivity contribution in [1.82, 2.24) is 0 Å². The molecule has 4 bridgehead atoms. The number of carboxylic acid groups (broad SMARTS) is 2. The molecule has 36 heteroatoms. The Morgan fingerprint density at radius 1 is 0.331 bits per heavy atom. The van der Waals surface area contributed by atoms with Gasteiger partial charge in [0.1, 0.15) is 36.3 Å². The van der Waals surface area contributed by atoms with E-state index in [-0.39, 0.29) is 85.5 Å². The number of aliphatic hydroxyl groups excluding tert-OH is 18. The Kier molecular flexibility index (Phi) is 56.4. The summed E-state index contributed by atoms with van der Waals surface area (Å²) in [6.07, 6.45) is 6.92. The molecule has 0 aliphatic carbocycles. The van der Waals surface area contributed by atoms with Gasteiger partial charge in [-0.1, -0.05) is 220 Å². The number of ether oxygens (including phenoxy) is 8. The molecule has 0 amide bonds. The Hall–Kier alpha value is -6.88. The molecule has 0 aromatic rings. The number of rotatable bonds is 6. The lowest BCUT2D eigenvalue weighted by molar-refractivity contribution is -0.309. The van der Waals surface area contributed by atoms with E-state index in [1.807, 2.05) is 38.2 Å². The number of hydrogen-bond acceptors (Lipinski definition) is 34. The van der Waals surface area contributed by atoms with Gasteiger partial charge in [0.25, 0.3) is 0 Å². The molecule has 4 fully saturated rings. The van der Waals surface area contributed by atoms with Crippen LogP contribution >= 0.6 is 0 Å². The number of esters is 2. The monoisotopic (exact) mass is 1900 g/mol. The molecule has 25 unspecified atom stereocenters. The topological polar surface area (TPSA) is 639 Å². The van der Waals surface area contributed by atoms with Gasteiger partial charge in [0.15, 0.2) is 24.2 Å². The quantitative estimate of drug-likeness (QED) is 0.170. The summed E-state index contributed by atoms with van der Waals surface area (Å²) in [5, 5.41) is 236. The molecule has 0 spiro atoms. The van der Waals surface area contributed by atoms with Crippen LogP contribution in [0.15, 0.2) is 170 Å². The average molecular weight is 1900 g/mol. The highest BCUT2D eigenvalue weighted by atomic mass is 16.7. The summed E-state index contributed by atoms with van der Waals surface area (Å²) in [6, 6.07) is -2.30.